The normalized spacial score (nSPS) is 13.4. The summed E-state index contributed by atoms with van der Waals surface area (Å²) >= 11 is 0. The number of rotatable bonds is 5. The Morgan fingerprint density at radius 2 is 2.05 bits per heavy atom. The first-order valence-electron chi connectivity index (χ1n) is 5.82. The van der Waals surface area contributed by atoms with Gasteiger partial charge in [0.1, 0.15) is 0 Å². The number of aromatic amines is 1. The van der Waals surface area contributed by atoms with Crippen molar-refractivity contribution >= 4 is 10.0 Å². The highest BCUT2D eigenvalue weighted by atomic mass is 32.2. The molecule has 0 radical (unpaired) electrons. The SMILES string of the molecule is CC(NS(=O)(=O)c1cnc[nH]1)c1ccc(CN)cc1. The lowest BCUT2D eigenvalue weighted by Gasteiger charge is -2.14. The van der Waals surface area contributed by atoms with Gasteiger partial charge in [0.2, 0.25) is 0 Å². The smallest absolute Gasteiger partial charge is 0.258 e. The highest BCUT2D eigenvalue weighted by Gasteiger charge is 2.19. The van der Waals surface area contributed by atoms with Gasteiger partial charge < -0.3 is 10.7 Å². The molecule has 0 saturated heterocycles. The minimum Gasteiger partial charge on any atom is -0.335 e. The van der Waals surface area contributed by atoms with Crippen LogP contribution in [0.5, 0.6) is 0 Å². The van der Waals surface area contributed by atoms with Gasteiger partial charge in [-0.3, -0.25) is 0 Å². The molecule has 2 aromatic rings. The van der Waals surface area contributed by atoms with Crippen molar-refractivity contribution in [2.24, 2.45) is 5.73 Å². The molecule has 1 aromatic carbocycles. The lowest BCUT2D eigenvalue weighted by Crippen LogP contribution is -2.27. The molecule has 2 rings (SSSR count). The predicted molar refractivity (Wildman–Crippen MR) is 71.7 cm³/mol. The standard InChI is InChI=1S/C12H16N4O2S/c1-9(11-4-2-10(6-13)3-5-11)16-19(17,18)12-7-14-8-15-12/h2-5,7-9,16H,6,13H2,1H3,(H,14,15). The fourth-order valence-electron chi connectivity index (χ4n) is 1.70. The van der Waals surface area contributed by atoms with Gasteiger partial charge in [-0.1, -0.05) is 24.3 Å². The summed E-state index contributed by atoms with van der Waals surface area (Å²) in [5.74, 6) is 0. The molecule has 1 aromatic heterocycles. The minimum atomic E-state index is -3.57. The first-order chi connectivity index (χ1) is 9.03. The van der Waals surface area contributed by atoms with E-state index >= 15 is 0 Å². The summed E-state index contributed by atoms with van der Waals surface area (Å²) in [6, 6.07) is 7.16. The van der Waals surface area contributed by atoms with E-state index in [1.165, 1.54) is 12.5 Å². The third-order valence-corrected chi connectivity index (χ3v) is 4.28. The van der Waals surface area contributed by atoms with Crippen molar-refractivity contribution in [1.29, 1.82) is 0 Å². The van der Waals surface area contributed by atoms with E-state index in [1.54, 1.807) is 6.92 Å². The summed E-state index contributed by atoms with van der Waals surface area (Å²) in [5, 5.41) is 0.0536. The second-order valence-corrected chi connectivity index (χ2v) is 5.89. The van der Waals surface area contributed by atoms with Crippen LogP contribution in [0.4, 0.5) is 0 Å². The van der Waals surface area contributed by atoms with Gasteiger partial charge in [-0.15, -0.1) is 0 Å². The molecule has 4 N–H and O–H groups in total. The van der Waals surface area contributed by atoms with E-state index in [4.69, 9.17) is 5.73 Å². The van der Waals surface area contributed by atoms with Crippen molar-refractivity contribution in [2.45, 2.75) is 24.5 Å². The fraction of sp³-hybridized carbons (Fsp3) is 0.250. The average Bonchev–Trinajstić information content (AvgIpc) is 2.93. The third-order valence-electron chi connectivity index (χ3n) is 2.81. The number of nitrogens with two attached hydrogens (primary N) is 1. The van der Waals surface area contributed by atoms with Gasteiger partial charge in [0, 0.05) is 12.6 Å². The Morgan fingerprint density at radius 3 is 2.58 bits per heavy atom. The number of hydrogen-bond acceptors (Lipinski definition) is 4. The largest absolute Gasteiger partial charge is 0.335 e. The van der Waals surface area contributed by atoms with Crippen LogP contribution in [-0.4, -0.2) is 18.4 Å². The van der Waals surface area contributed by atoms with Gasteiger partial charge in [0.15, 0.2) is 5.03 Å². The molecule has 102 valence electrons. The molecule has 1 heterocycles. The molecule has 1 unspecified atom stereocenters. The number of H-pyrrole nitrogens is 1. The fourth-order valence-corrected chi connectivity index (χ4v) is 2.83. The molecule has 0 fully saturated rings. The second kappa shape index (κ2) is 5.52. The van der Waals surface area contributed by atoms with Crippen LogP contribution in [0.1, 0.15) is 24.1 Å². The van der Waals surface area contributed by atoms with E-state index in [0.717, 1.165) is 11.1 Å². The Kier molecular flexibility index (Phi) is 3.98. The van der Waals surface area contributed by atoms with E-state index in [1.807, 2.05) is 24.3 Å². The number of nitrogens with one attached hydrogen (secondary N) is 2. The van der Waals surface area contributed by atoms with Gasteiger partial charge in [0.25, 0.3) is 10.0 Å². The van der Waals surface area contributed by atoms with E-state index in [2.05, 4.69) is 14.7 Å². The van der Waals surface area contributed by atoms with Crippen LogP contribution < -0.4 is 10.5 Å². The summed E-state index contributed by atoms with van der Waals surface area (Å²) < 4.78 is 26.6. The van der Waals surface area contributed by atoms with Crippen molar-refractivity contribution in [1.82, 2.24) is 14.7 Å². The van der Waals surface area contributed by atoms with Gasteiger partial charge in [-0.25, -0.2) is 18.1 Å². The quantitative estimate of drug-likeness (QED) is 0.757. The zero-order valence-electron chi connectivity index (χ0n) is 10.5. The van der Waals surface area contributed by atoms with Crippen LogP contribution in [0.15, 0.2) is 41.8 Å². The zero-order chi connectivity index (χ0) is 13.9. The monoisotopic (exact) mass is 280 g/mol. The van der Waals surface area contributed by atoms with Crippen LogP contribution >= 0.6 is 0 Å². The van der Waals surface area contributed by atoms with E-state index in [-0.39, 0.29) is 11.1 Å². The van der Waals surface area contributed by atoms with E-state index in [0.29, 0.717) is 6.54 Å². The molecule has 0 bridgehead atoms. The molecule has 19 heavy (non-hydrogen) atoms. The molecular weight excluding hydrogens is 264 g/mol. The van der Waals surface area contributed by atoms with Crippen molar-refractivity contribution in [3.05, 3.63) is 47.9 Å². The number of aromatic nitrogens is 2. The van der Waals surface area contributed by atoms with Crippen molar-refractivity contribution < 1.29 is 8.42 Å². The number of benzene rings is 1. The lowest BCUT2D eigenvalue weighted by molar-refractivity contribution is 0.564. The van der Waals surface area contributed by atoms with Crippen LogP contribution in [0.2, 0.25) is 0 Å². The lowest BCUT2D eigenvalue weighted by atomic mass is 10.1. The molecule has 0 aliphatic heterocycles. The molecule has 7 heteroatoms. The van der Waals surface area contributed by atoms with Gasteiger partial charge in [0.05, 0.1) is 12.5 Å². The third kappa shape index (κ3) is 3.19. The second-order valence-electron chi connectivity index (χ2n) is 4.20. The Labute approximate surface area is 112 Å². The number of imidazole rings is 1. The van der Waals surface area contributed by atoms with Crippen LogP contribution in [-0.2, 0) is 16.6 Å². The molecule has 0 spiro atoms. The predicted octanol–water partition coefficient (Wildman–Crippen LogP) is 0.908. The summed E-state index contributed by atoms with van der Waals surface area (Å²) in [5.41, 5.74) is 7.40. The highest BCUT2D eigenvalue weighted by Crippen LogP contribution is 2.16. The Hall–Kier alpha value is -1.70. The van der Waals surface area contributed by atoms with E-state index in [9.17, 15) is 8.42 Å². The number of nitrogens with zero attached hydrogens (tertiary/aromatic N) is 1. The number of hydrogen-bond donors (Lipinski definition) is 3. The van der Waals surface area contributed by atoms with Crippen LogP contribution in [0.3, 0.4) is 0 Å². The van der Waals surface area contributed by atoms with Crippen LogP contribution in [0.25, 0.3) is 0 Å². The topological polar surface area (TPSA) is 101 Å². The van der Waals surface area contributed by atoms with Crippen molar-refractivity contribution in [2.75, 3.05) is 0 Å². The van der Waals surface area contributed by atoms with Gasteiger partial charge in [-0.2, -0.15) is 0 Å². The Balaban J connectivity index is 2.14. The minimum absolute atomic E-state index is 0.0536. The van der Waals surface area contributed by atoms with Gasteiger partial charge in [-0.05, 0) is 18.1 Å². The first kappa shape index (κ1) is 13.7. The summed E-state index contributed by atoms with van der Waals surface area (Å²) in [6.07, 6.45) is 2.60. The first-order valence-corrected chi connectivity index (χ1v) is 7.31. The summed E-state index contributed by atoms with van der Waals surface area (Å²) in [7, 11) is -3.57. The molecule has 6 nitrogen and oxygen atoms in total. The number of sulfonamides is 1. The Morgan fingerprint density at radius 1 is 1.37 bits per heavy atom. The maximum Gasteiger partial charge on any atom is 0.258 e. The highest BCUT2D eigenvalue weighted by molar-refractivity contribution is 7.89. The summed E-state index contributed by atoms with van der Waals surface area (Å²) in [4.78, 5) is 6.28. The molecule has 1 atom stereocenters. The zero-order valence-corrected chi connectivity index (χ0v) is 11.3. The molecular formula is C12H16N4O2S. The van der Waals surface area contributed by atoms with E-state index < -0.39 is 10.0 Å². The average molecular weight is 280 g/mol. The van der Waals surface area contributed by atoms with Crippen molar-refractivity contribution in [3.8, 4) is 0 Å². The Bertz CT molecular complexity index is 620. The van der Waals surface area contributed by atoms with Crippen molar-refractivity contribution in [3.63, 3.8) is 0 Å². The molecule has 0 aliphatic rings. The molecule has 0 amide bonds. The van der Waals surface area contributed by atoms with Gasteiger partial charge >= 0.3 is 0 Å². The van der Waals surface area contributed by atoms with Crippen LogP contribution in [0, 0.1) is 0 Å². The molecule has 0 saturated carbocycles. The molecule has 0 aliphatic carbocycles. The summed E-state index contributed by atoms with van der Waals surface area (Å²) in [6.45, 7) is 2.25. The maximum absolute atomic E-state index is 12.0. The maximum atomic E-state index is 12.0.